The van der Waals surface area contributed by atoms with Gasteiger partial charge in [0.1, 0.15) is 5.76 Å². The van der Waals surface area contributed by atoms with Crippen LogP contribution in [0.4, 0.5) is 0 Å². The maximum absolute atomic E-state index is 12.8. The van der Waals surface area contributed by atoms with Gasteiger partial charge in [-0.05, 0) is 49.1 Å². The highest BCUT2D eigenvalue weighted by atomic mass is 32.2. The third-order valence-corrected chi connectivity index (χ3v) is 5.94. The molecule has 0 amide bonds. The van der Waals surface area contributed by atoms with E-state index in [1.165, 1.54) is 0 Å². The fraction of sp³-hybridized carbons (Fsp3) is 0.375. The molecule has 4 nitrogen and oxygen atoms in total. The Morgan fingerprint density at radius 2 is 2.00 bits per heavy atom. The van der Waals surface area contributed by atoms with Gasteiger partial charge in [0.15, 0.2) is 0 Å². The van der Waals surface area contributed by atoms with Gasteiger partial charge in [-0.25, -0.2) is 8.42 Å². The van der Waals surface area contributed by atoms with Crippen molar-refractivity contribution in [2.75, 3.05) is 6.54 Å². The molecule has 0 spiro atoms. The molecule has 0 N–H and O–H groups in total. The molecule has 0 aliphatic carbocycles. The number of benzene rings is 1. The summed E-state index contributed by atoms with van der Waals surface area (Å²) in [6, 6.07) is 10.6. The van der Waals surface area contributed by atoms with Crippen molar-refractivity contribution in [3.8, 4) is 0 Å². The van der Waals surface area contributed by atoms with E-state index in [1.54, 1.807) is 28.8 Å². The first-order valence-electron chi connectivity index (χ1n) is 7.27. The summed E-state index contributed by atoms with van der Waals surface area (Å²) in [6.07, 6.45) is 4.16. The van der Waals surface area contributed by atoms with Crippen LogP contribution in [0.3, 0.4) is 0 Å². The number of furan rings is 1. The molecule has 21 heavy (non-hydrogen) atoms. The van der Waals surface area contributed by atoms with E-state index in [1.807, 2.05) is 18.2 Å². The maximum atomic E-state index is 12.8. The predicted octanol–water partition coefficient (Wildman–Crippen LogP) is 3.37. The van der Waals surface area contributed by atoms with Crippen LogP contribution in [0.5, 0.6) is 0 Å². The zero-order valence-electron chi connectivity index (χ0n) is 12.0. The van der Waals surface area contributed by atoms with Crippen molar-refractivity contribution < 1.29 is 12.8 Å². The van der Waals surface area contributed by atoms with E-state index >= 15 is 0 Å². The molecule has 5 heteroatoms. The molecule has 0 saturated carbocycles. The number of aryl methyl sites for hydroxylation is 1. The van der Waals surface area contributed by atoms with Crippen LogP contribution in [0.2, 0.25) is 0 Å². The molecule has 0 bridgehead atoms. The van der Waals surface area contributed by atoms with E-state index in [4.69, 9.17) is 4.42 Å². The topological polar surface area (TPSA) is 50.5 Å². The summed E-state index contributed by atoms with van der Waals surface area (Å²) >= 11 is 0. The quantitative estimate of drug-likeness (QED) is 0.870. The van der Waals surface area contributed by atoms with Crippen LogP contribution < -0.4 is 0 Å². The van der Waals surface area contributed by atoms with Crippen molar-refractivity contribution >= 4 is 10.0 Å². The van der Waals surface area contributed by atoms with E-state index < -0.39 is 10.0 Å². The summed E-state index contributed by atoms with van der Waals surface area (Å²) in [5, 5.41) is 0. The van der Waals surface area contributed by atoms with Crippen molar-refractivity contribution in [1.29, 1.82) is 0 Å². The molecular formula is C16H19NO3S. The van der Waals surface area contributed by atoms with E-state index in [0.29, 0.717) is 11.4 Å². The summed E-state index contributed by atoms with van der Waals surface area (Å²) in [5.74, 6) is 0.723. The molecule has 1 saturated heterocycles. The van der Waals surface area contributed by atoms with Gasteiger partial charge in [-0.15, -0.1) is 0 Å². The smallest absolute Gasteiger partial charge is 0.243 e. The lowest BCUT2D eigenvalue weighted by Gasteiger charge is -2.22. The minimum Gasteiger partial charge on any atom is -0.468 e. The number of hydrogen-bond donors (Lipinski definition) is 0. The highest BCUT2D eigenvalue weighted by molar-refractivity contribution is 7.89. The molecule has 1 aliphatic rings. The standard InChI is InChI=1S/C16H19NO3S/c1-2-13-7-9-14(10-8-13)21(18,19)17-11-3-5-15(17)16-6-4-12-20-16/h4,6-10,12,15H,2-3,5,11H2,1H3/t15-/m1/s1. The molecule has 2 heterocycles. The van der Waals surface area contributed by atoms with Crippen LogP contribution in [-0.2, 0) is 16.4 Å². The molecule has 3 rings (SSSR count). The molecule has 2 aromatic rings. The summed E-state index contributed by atoms with van der Waals surface area (Å²) in [4.78, 5) is 0.359. The molecule has 1 aromatic heterocycles. The van der Waals surface area contributed by atoms with Crippen LogP contribution >= 0.6 is 0 Å². The zero-order chi connectivity index (χ0) is 14.9. The van der Waals surface area contributed by atoms with Crippen molar-refractivity contribution in [3.05, 3.63) is 54.0 Å². The number of sulfonamides is 1. The van der Waals surface area contributed by atoms with Gasteiger partial charge in [-0.2, -0.15) is 4.31 Å². The maximum Gasteiger partial charge on any atom is 0.243 e. The highest BCUT2D eigenvalue weighted by Gasteiger charge is 2.37. The molecule has 1 aromatic carbocycles. The van der Waals surface area contributed by atoms with Crippen LogP contribution in [0.1, 0.15) is 37.1 Å². The largest absolute Gasteiger partial charge is 0.468 e. The monoisotopic (exact) mass is 305 g/mol. The van der Waals surface area contributed by atoms with E-state index in [2.05, 4.69) is 6.92 Å². The van der Waals surface area contributed by atoms with Gasteiger partial charge >= 0.3 is 0 Å². The Morgan fingerprint density at radius 1 is 1.24 bits per heavy atom. The Balaban J connectivity index is 1.93. The van der Waals surface area contributed by atoms with Crippen molar-refractivity contribution in [2.24, 2.45) is 0 Å². The first kappa shape index (κ1) is 14.4. The zero-order valence-corrected chi connectivity index (χ0v) is 12.8. The van der Waals surface area contributed by atoms with Crippen molar-refractivity contribution in [3.63, 3.8) is 0 Å². The molecule has 1 aliphatic heterocycles. The van der Waals surface area contributed by atoms with Gasteiger partial charge in [0.25, 0.3) is 0 Å². The summed E-state index contributed by atoms with van der Waals surface area (Å²) in [6.45, 7) is 2.60. The van der Waals surface area contributed by atoms with Crippen LogP contribution in [0.15, 0.2) is 52.0 Å². The lowest BCUT2D eigenvalue weighted by atomic mass is 10.2. The normalized spacial score (nSPS) is 20.0. The first-order chi connectivity index (χ1) is 10.1. The molecule has 1 fully saturated rings. The second-order valence-electron chi connectivity index (χ2n) is 5.29. The van der Waals surface area contributed by atoms with E-state index in [-0.39, 0.29) is 6.04 Å². The van der Waals surface area contributed by atoms with Gasteiger partial charge in [0, 0.05) is 6.54 Å². The molecule has 0 unspecified atom stereocenters. The average Bonchev–Trinajstić information content (AvgIpc) is 3.17. The Kier molecular flexibility index (Phi) is 3.87. The Morgan fingerprint density at radius 3 is 2.62 bits per heavy atom. The predicted molar refractivity (Wildman–Crippen MR) is 80.4 cm³/mol. The fourth-order valence-corrected chi connectivity index (χ4v) is 4.49. The summed E-state index contributed by atoms with van der Waals surface area (Å²) < 4.78 is 32.6. The third kappa shape index (κ3) is 2.63. The van der Waals surface area contributed by atoms with Crippen LogP contribution in [0.25, 0.3) is 0 Å². The van der Waals surface area contributed by atoms with E-state index in [0.717, 1.165) is 30.6 Å². The second kappa shape index (κ2) is 5.66. The number of nitrogens with zero attached hydrogens (tertiary/aromatic N) is 1. The number of rotatable bonds is 4. The molecule has 0 radical (unpaired) electrons. The van der Waals surface area contributed by atoms with Crippen molar-refractivity contribution in [2.45, 2.75) is 37.1 Å². The Hall–Kier alpha value is -1.59. The molecule has 1 atom stereocenters. The minimum atomic E-state index is -3.47. The molecule has 112 valence electrons. The van der Waals surface area contributed by atoms with Gasteiger partial charge in [0.2, 0.25) is 10.0 Å². The lowest BCUT2D eigenvalue weighted by molar-refractivity contribution is 0.340. The van der Waals surface area contributed by atoms with Gasteiger partial charge in [-0.3, -0.25) is 0 Å². The SMILES string of the molecule is CCc1ccc(S(=O)(=O)N2CCC[C@@H]2c2ccco2)cc1. The van der Waals surface area contributed by atoms with E-state index in [9.17, 15) is 8.42 Å². The number of hydrogen-bond acceptors (Lipinski definition) is 3. The van der Waals surface area contributed by atoms with Crippen molar-refractivity contribution in [1.82, 2.24) is 4.31 Å². The third-order valence-electron chi connectivity index (χ3n) is 4.01. The minimum absolute atomic E-state index is 0.184. The Bertz CT molecular complexity index is 690. The second-order valence-corrected chi connectivity index (χ2v) is 7.18. The Labute approximate surface area is 125 Å². The average molecular weight is 305 g/mol. The summed E-state index contributed by atoms with van der Waals surface area (Å²) in [5.41, 5.74) is 1.14. The van der Waals surface area contributed by atoms with Crippen LogP contribution in [0, 0.1) is 0 Å². The van der Waals surface area contributed by atoms with Gasteiger partial charge in [0.05, 0.1) is 17.2 Å². The summed E-state index contributed by atoms with van der Waals surface area (Å²) in [7, 11) is -3.47. The molecular weight excluding hydrogens is 286 g/mol. The fourth-order valence-electron chi connectivity index (χ4n) is 2.83. The van der Waals surface area contributed by atoms with Gasteiger partial charge in [-0.1, -0.05) is 19.1 Å². The lowest BCUT2D eigenvalue weighted by Crippen LogP contribution is -2.30. The van der Waals surface area contributed by atoms with Gasteiger partial charge < -0.3 is 4.42 Å². The highest BCUT2D eigenvalue weighted by Crippen LogP contribution is 2.36. The van der Waals surface area contributed by atoms with Crippen LogP contribution in [-0.4, -0.2) is 19.3 Å². The first-order valence-corrected chi connectivity index (χ1v) is 8.71.